The number of aromatic nitrogens is 1. The Morgan fingerprint density at radius 2 is 1.94 bits per heavy atom. The standard InChI is InChI=1S/C25H19ClN2O3/c1-14-9-15(2)20-19(10-14)31-24-21(23(20)29)22(17-6-3-7-18(26)11-17)28(25(24)30)13-16-5-4-8-27-12-16/h3-12,22H,13H2,1-2H3. The predicted molar refractivity (Wildman–Crippen MR) is 119 cm³/mol. The van der Waals surface area contributed by atoms with Crippen molar-refractivity contribution in [3.05, 3.63) is 110 Å². The first-order chi connectivity index (χ1) is 14.9. The lowest BCUT2D eigenvalue weighted by atomic mass is 9.97. The second kappa shape index (κ2) is 7.36. The number of benzene rings is 2. The van der Waals surface area contributed by atoms with E-state index in [4.69, 9.17) is 16.0 Å². The number of nitrogens with zero attached hydrogens (tertiary/aromatic N) is 2. The van der Waals surface area contributed by atoms with Crippen LogP contribution in [0, 0.1) is 13.8 Å². The number of carbonyl (C=O) groups excluding carboxylic acids is 1. The lowest BCUT2D eigenvalue weighted by Gasteiger charge is -2.25. The molecule has 5 rings (SSSR count). The molecule has 2 aromatic heterocycles. The zero-order chi connectivity index (χ0) is 21.7. The fourth-order valence-electron chi connectivity index (χ4n) is 4.39. The summed E-state index contributed by atoms with van der Waals surface area (Å²) >= 11 is 6.26. The second-order valence-corrected chi connectivity index (χ2v) is 8.32. The lowest BCUT2D eigenvalue weighted by Crippen LogP contribution is -2.29. The first-order valence-corrected chi connectivity index (χ1v) is 10.3. The molecule has 2 aromatic carbocycles. The summed E-state index contributed by atoms with van der Waals surface area (Å²) in [6.07, 6.45) is 3.39. The molecule has 1 aliphatic rings. The van der Waals surface area contributed by atoms with Gasteiger partial charge in [-0.15, -0.1) is 0 Å². The van der Waals surface area contributed by atoms with Crippen LogP contribution in [0.15, 0.2) is 70.1 Å². The summed E-state index contributed by atoms with van der Waals surface area (Å²) in [5.41, 5.74) is 4.03. The van der Waals surface area contributed by atoms with Crippen molar-refractivity contribution in [2.24, 2.45) is 0 Å². The molecule has 154 valence electrons. The highest BCUT2D eigenvalue weighted by molar-refractivity contribution is 6.30. The summed E-state index contributed by atoms with van der Waals surface area (Å²) in [6, 6.07) is 14.1. The van der Waals surface area contributed by atoms with Gasteiger partial charge in [-0.05, 0) is 60.4 Å². The van der Waals surface area contributed by atoms with Crippen molar-refractivity contribution < 1.29 is 9.21 Å². The van der Waals surface area contributed by atoms with E-state index in [1.54, 1.807) is 35.5 Å². The first kappa shape index (κ1) is 19.5. The monoisotopic (exact) mass is 430 g/mol. The Morgan fingerprint density at radius 1 is 1.10 bits per heavy atom. The van der Waals surface area contributed by atoms with Gasteiger partial charge in [-0.1, -0.05) is 35.9 Å². The molecule has 1 amide bonds. The Balaban J connectivity index is 1.77. The fraction of sp³-hybridized carbons (Fsp3) is 0.160. The quantitative estimate of drug-likeness (QED) is 0.448. The van der Waals surface area contributed by atoms with E-state index in [0.29, 0.717) is 28.1 Å². The predicted octanol–water partition coefficient (Wildman–Crippen LogP) is 5.20. The smallest absolute Gasteiger partial charge is 0.291 e. The topological polar surface area (TPSA) is 63.4 Å². The number of halogens is 1. The molecule has 31 heavy (non-hydrogen) atoms. The lowest BCUT2D eigenvalue weighted by molar-refractivity contribution is 0.0714. The van der Waals surface area contributed by atoms with Crippen molar-refractivity contribution in [1.29, 1.82) is 0 Å². The average molecular weight is 431 g/mol. The van der Waals surface area contributed by atoms with Crippen molar-refractivity contribution in [3.63, 3.8) is 0 Å². The molecule has 4 aromatic rings. The molecule has 0 radical (unpaired) electrons. The summed E-state index contributed by atoms with van der Waals surface area (Å²) in [7, 11) is 0. The van der Waals surface area contributed by atoms with E-state index in [1.165, 1.54) is 0 Å². The van der Waals surface area contributed by atoms with E-state index >= 15 is 0 Å². The van der Waals surface area contributed by atoms with Gasteiger partial charge in [0, 0.05) is 24.0 Å². The van der Waals surface area contributed by atoms with Gasteiger partial charge >= 0.3 is 0 Å². The van der Waals surface area contributed by atoms with E-state index in [-0.39, 0.29) is 17.1 Å². The number of hydrogen-bond donors (Lipinski definition) is 0. The molecular formula is C25H19ClN2O3. The van der Waals surface area contributed by atoms with E-state index in [9.17, 15) is 9.59 Å². The highest BCUT2D eigenvalue weighted by Gasteiger charge is 2.43. The third-order valence-corrected chi connectivity index (χ3v) is 5.89. The van der Waals surface area contributed by atoms with Crippen molar-refractivity contribution >= 4 is 28.5 Å². The largest absolute Gasteiger partial charge is 0.450 e. The van der Waals surface area contributed by atoms with E-state index in [0.717, 1.165) is 22.3 Å². The molecule has 0 saturated heterocycles. The second-order valence-electron chi connectivity index (χ2n) is 7.88. The molecule has 0 aliphatic carbocycles. The summed E-state index contributed by atoms with van der Waals surface area (Å²) in [5.74, 6) is -0.224. The van der Waals surface area contributed by atoms with Gasteiger partial charge in [0.1, 0.15) is 5.58 Å². The number of fused-ring (bicyclic) bond motifs is 2. The van der Waals surface area contributed by atoms with E-state index in [1.807, 2.05) is 44.2 Å². The average Bonchev–Trinajstić information content (AvgIpc) is 3.00. The Morgan fingerprint density at radius 3 is 2.68 bits per heavy atom. The van der Waals surface area contributed by atoms with Crippen LogP contribution < -0.4 is 5.43 Å². The zero-order valence-corrected chi connectivity index (χ0v) is 17.8. The molecule has 1 atom stereocenters. The molecule has 5 nitrogen and oxygen atoms in total. The van der Waals surface area contributed by atoms with Crippen molar-refractivity contribution in [2.75, 3.05) is 0 Å². The van der Waals surface area contributed by atoms with Crippen molar-refractivity contribution in [1.82, 2.24) is 9.88 Å². The maximum absolute atomic E-state index is 13.7. The first-order valence-electron chi connectivity index (χ1n) is 9.97. The molecule has 3 heterocycles. The van der Waals surface area contributed by atoms with Crippen molar-refractivity contribution in [3.8, 4) is 0 Å². The number of aryl methyl sites for hydroxylation is 2. The summed E-state index contributed by atoms with van der Waals surface area (Å²) in [6.45, 7) is 4.12. The minimum atomic E-state index is -0.595. The van der Waals surface area contributed by atoms with Crippen LogP contribution in [0.3, 0.4) is 0 Å². The van der Waals surface area contributed by atoms with Gasteiger partial charge in [0.15, 0.2) is 5.43 Å². The molecule has 6 heteroatoms. The molecule has 0 fully saturated rings. The van der Waals surface area contributed by atoms with Gasteiger partial charge in [0.25, 0.3) is 5.91 Å². The highest BCUT2D eigenvalue weighted by atomic mass is 35.5. The van der Waals surface area contributed by atoms with Crippen LogP contribution in [0.4, 0.5) is 0 Å². The Bertz CT molecular complexity index is 1400. The molecule has 0 spiro atoms. The summed E-state index contributed by atoms with van der Waals surface area (Å²) in [4.78, 5) is 33.0. The highest BCUT2D eigenvalue weighted by Crippen LogP contribution is 2.40. The third kappa shape index (κ3) is 3.22. The maximum Gasteiger partial charge on any atom is 0.291 e. The number of rotatable bonds is 3. The van der Waals surface area contributed by atoms with Gasteiger partial charge in [-0.2, -0.15) is 0 Å². The van der Waals surface area contributed by atoms with Crippen molar-refractivity contribution in [2.45, 2.75) is 26.4 Å². The van der Waals surface area contributed by atoms with Crippen LogP contribution in [0.5, 0.6) is 0 Å². The van der Waals surface area contributed by atoms with E-state index in [2.05, 4.69) is 4.98 Å². The van der Waals surface area contributed by atoms with Gasteiger partial charge in [0.2, 0.25) is 5.76 Å². The fourth-order valence-corrected chi connectivity index (χ4v) is 4.59. The number of amides is 1. The van der Waals surface area contributed by atoms with Crippen LogP contribution in [0.2, 0.25) is 5.02 Å². The zero-order valence-electron chi connectivity index (χ0n) is 17.1. The summed E-state index contributed by atoms with van der Waals surface area (Å²) < 4.78 is 6.07. The molecule has 1 unspecified atom stereocenters. The summed E-state index contributed by atoms with van der Waals surface area (Å²) in [5, 5.41) is 1.05. The SMILES string of the molecule is Cc1cc(C)c2c(=O)c3c(oc2c1)C(=O)N(Cc1cccnc1)C3c1cccc(Cl)c1. The van der Waals surface area contributed by atoms with Gasteiger partial charge in [0.05, 0.1) is 17.0 Å². The molecule has 0 bridgehead atoms. The van der Waals surface area contributed by atoms with Crippen LogP contribution in [0.1, 0.15) is 44.4 Å². The molecule has 0 saturated carbocycles. The number of pyridine rings is 1. The molecule has 0 N–H and O–H groups in total. The Hall–Kier alpha value is -3.44. The minimum Gasteiger partial charge on any atom is -0.450 e. The van der Waals surface area contributed by atoms with Crippen LogP contribution in [0.25, 0.3) is 11.0 Å². The van der Waals surface area contributed by atoms with E-state index < -0.39 is 6.04 Å². The molecule has 1 aliphatic heterocycles. The molecular weight excluding hydrogens is 412 g/mol. The minimum absolute atomic E-state index is 0.0939. The van der Waals surface area contributed by atoms with Crippen LogP contribution in [-0.2, 0) is 6.54 Å². The van der Waals surface area contributed by atoms with Crippen LogP contribution in [-0.4, -0.2) is 15.8 Å². The Labute approximate surface area is 183 Å². The third-order valence-electron chi connectivity index (χ3n) is 5.65. The Kier molecular flexibility index (Phi) is 4.63. The van der Waals surface area contributed by atoms with Crippen LogP contribution >= 0.6 is 11.6 Å². The van der Waals surface area contributed by atoms with Gasteiger partial charge in [-0.25, -0.2) is 0 Å². The van der Waals surface area contributed by atoms with Gasteiger partial charge in [-0.3, -0.25) is 14.6 Å². The maximum atomic E-state index is 13.7. The number of carbonyl (C=O) groups is 1. The number of hydrogen-bond acceptors (Lipinski definition) is 4. The normalized spacial score (nSPS) is 15.5. The van der Waals surface area contributed by atoms with Gasteiger partial charge < -0.3 is 9.32 Å².